The zero-order chi connectivity index (χ0) is 11.5. The Labute approximate surface area is 96.2 Å². The Morgan fingerprint density at radius 2 is 1.73 bits per heavy atom. The largest absolute Gasteiger partial charge is 0.306 e. The number of nitrogens with zero attached hydrogens (tertiary/aromatic N) is 1. The molecule has 1 aliphatic heterocycles. The summed E-state index contributed by atoms with van der Waals surface area (Å²) in [7, 11) is 2.25. The minimum atomic E-state index is 0.498. The molecule has 90 valence electrons. The summed E-state index contributed by atoms with van der Waals surface area (Å²) < 4.78 is 0. The molecule has 1 rings (SSSR count). The predicted molar refractivity (Wildman–Crippen MR) is 68.1 cm³/mol. The Morgan fingerprint density at radius 3 is 2.13 bits per heavy atom. The lowest BCUT2D eigenvalue weighted by molar-refractivity contribution is 0.143. The van der Waals surface area contributed by atoms with Gasteiger partial charge in [-0.25, -0.2) is 0 Å². The molecule has 1 atom stereocenters. The average molecular weight is 211 g/mol. The molecule has 1 fully saturated rings. The van der Waals surface area contributed by atoms with E-state index in [1.54, 1.807) is 0 Å². The van der Waals surface area contributed by atoms with Crippen molar-refractivity contribution in [2.75, 3.05) is 20.1 Å². The molecule has 0 aromatic rings. The van der Waals surface area contributed by atoms with E-state index in [4.69, 9.17) is 0 Å². The third-order valence-electron chi connectivity index (χ3n) is 4.17. The van der Waals surface area contributed by atoms with Crippen LogP contribution in [0.25, 0.3) is 0 Å². The lowest BCUT2D eigenvalue weighted by Crippen LogP contribution is -2.32. The highest BCUT2D eigenvalue weighted by Gasteiger charge is 2.27. The molecule has 0 saturated carbocycles. The molecule has 0 aromatic carbocycles. The molecule has 0 aliphatic carbocycles. The fourth-order valence-corrected chi connectivity index (χ4v) is 2.83. The van der Waals surface area contributed by atoms with Crippen molar-refractivity contribution in [1.82, 2.24) is 4.90 Å². The molecule has 1 nitrogen and oxygen atoms in total. The van der Waals surface area contributed by atoms with E-state index < -0.39 is 0 Å². The number of likely N-dealkylation sites (tertiary alicyclic amines) is 1. The summed E-state index contributed by atoms with van der Waals surface area (Å²) in [5.74, 6) is 1.90. The maximum atomic E-state index is 2.47. The summed E-state index contributed by atoms with van der Waals surface area (Å²) in [6.45, 7) is 12.2. The van der Waals surface area contributed by atoms with Crippen molar-refractivity contribution >= 4 is 0 Å². The van der Waals surface area contributed by atoms with Crippen molar-refractivity contribution in [2.45, 2.75) is 53.4 Å². The monoisotopic (exact) mass is 211 g/mol. The first kappa shape index (κ1) is 13.0. The van der Waals surface area contributed by atoms with Crippen LogP contribution in [-0.4, -0.2) is 25.0 Å². The molecule has 0 bridgehead atoms. The third-order valence-corrected chi connectivity index (χ3v) is 4.17. The zero-order valence-corrected chi connectivity index (χ0v) is 11.3. The van der Waals surface area contributed by atoms with Crippen LogP contribution in [0.3, 0.4) is 0 Å². The lowest BCUT2D eigenvalue weighted by atomic mass is 9.73. The predicted octanol–water partition coefficient (Wildman–Crippen LogP) is 3.79. The molecule has 1 aliphatic rings. The van der Waals surface area contributed by atoms with Gasteiger partial charge in [0.1, 0.15) is 0 Å². The van der Waals surface area contributed by atoms with Gasteiger partial charge in [0.25, 0.3) is 0 Å². The van der Waals surface area contributed by atoms with Crippen LogP contribution in [-0.2, 0) is 0 Å². The van der Waals surface area contributed by atoms with Gasteiger partial charge in [-0.15, -0.1) is 0 Å². The van der Waals surface area contributed by atoms with E-state index >= 15 is 0 Å². The Balaban J connectivity index is 2.39. The van der Waals surface area contributed by atoms with Crippen LogP contribution < -0.4 is 0 Å². The lowest BCUT2D eigenvalue weighted by Gasteiger charge is -2.36. The van der Waals surface area contributed by atoms with E-state index in [9.17, 15) is 0 Å². The van der Waals surface area contributed by atoms with Gasteiger partial charge in [-0.2, -0.15) is 0 Å². The number of rotatable bonds is 3. The second-order valence-electron chi connectivity index (χ2n) is 6.45. The maximum absolute atomic E-state index is 2.47. The van der Waals surface area contributed by atoms with E-state index in [2.05, 4.69) is 39.6 Å². The number of hydrogen-bond donors (Lipinski definition) is 0. The SMILES string of the molecule is CCC(CC1CCN(C)CC1)C(C)(C)C. The van der Waals surface area contributed by atoms with Gasteiger partial charge < -0.3 is 4.90 Å². The second kappa shape index (κ2) is 5.34. The quantitative estimate of drug-likeness (QED) is 0.686. The Kier molecular flexibility index (Phi) is 4.64. The average Bonchev–Trinajstić information content (AvgIpc) is 2.15. The van der Waals surface area contributed by atoms with Gasteiger partial charge >= 0.3 is 0 Å². The summed E-state index contributed by atoms with van der Waals surface area (Å²) in [6.07, 6.45) is 5.63. The molecule has 1 heteroatoms. The smallest absolute Gasteiger partial charge is 0.00191 e. The Hall–Kier alpha value is -0.0400. The Bertz CT molecular complexity index is 172. The van der Waals surface area contributed by atoms with E-state index in [1.807, 2.05) is 0 Å². The van der Waals surface area contributed by atoms with Gasteiger partial charge in [-0.05, 0) is 56.7 Å². The molecule has 1 unspecified atom stereocenters. The maximum Gasteiger partial charge on any atom is -0.00191 e. The van der Waals surface area contributed by atoms with Crippen molar-refractivity contribution in [2.24, 2.45) is 17.3 Å². The number of piperidine rings is 1. The van der Waals surface area contributed by atoms with Crippen LogP contribution in [0.15, 0.2) is 0 Å². The summed E-state index contributed by atoms with van der Waals surface area (Å²) >= 11 is 0. The van der Waals surface area contributed by atoms with Crippen LogP contribution in [0.2, 0.25) is 0 Å². The summed E-state index contributed by atoms with van der Waals surface area (Å²) in [4.78, 5) is 2.47. The molecule has 0 N–H and O–H groups in total. The first-order valence-corrected chi connectivity index (χ1v) is 6.62. The normalized spacial score (nSPS) is 23.0. The van der Waals surface area contributed by atoms with Gasteiger partial charge in [0.15, 0.2) is 0 Å². The molecule has 0 radical (unpaired) electrons. The van der Waals surface area contributed by atoms with Gasteiger partial charge in [0.05, 0.1) is 0 Å². The standard InChI is InChI=1S/C14H29N/c1-6-13(14(2,3)4)11-12-7-9-15(5)10-8-12/h12-13H,6-11H2,1-5H3. The van der Waals surface area contributed by atoms with Crippen LogP contribution in [0.1, 0.15) is 53.4 Å². The van der Waals surface area contributed by atoms with Crippen molar-refractivity contribution < 1.29 is 0 Å². The van der Waals surface area contributed by atoms with Crippen LogP contribution >= 0.6 is 0 Å². The van der Waals surface area contributed by atoms with Crippen molar-refractivity contribution in [1.29, 1.82) is 0 Å². The highest BCUT2D eigenvalue weighted by atomic mass is 15.1. The molecule has 15 heavy (non-hydrogen) atoms. The summed E-state index contributed by atoms with van der Waals surface area (Å²) in [5, 5.41) is 0. The molecule has 0 aromatic heterocycles. The van der Waals surface area contributed by atoms with Crippen molar-refractivity contribution in [3.63, 3.8) is 0 Å². The van der Waals surface area contributed by atoms with Crippen molar-refractivity contribution in [3.8, 4) is 0 Å². The highest BCUT2D eigenvalue weighted by molar-refractivity contribution is 4.78. The topological polar surface area (TPSA) is 3.24 Å². The third kappa shape index (κ3) is 4.14. The first-order chi connectivity index (χ1) is 6.93. The minimum Gasteiger partial charge on any atom is -0.306 e. The highest BCUT2D eigenvalue weighted by Crippen LogP contribution is 2.36. The van der Waals surface area contributed by atoms with E-state index in [1.165, 1.54) is 38.8 Å². The molecule has 1 heterocycles. The Morgan fingerprint density at radius 1 is 1.20 bits per heavy atom. The second-order valence-corrected chi connectivity index (χ2v) is 6.45. The van der Waals surface area contributed by atoms with E-state index in [0.717, 1.165) is 11.8 Å². The van der Waals surface area contributed by atoms with Gasteiger partial charge in [-0.3, -0.25) is 0 Å². The van der Waals surface area contributed by atoms with Crippen LogP contribution in [0.5, 0.6) is 0 Å². The van der Waals surface area contributed by atoms with Gasteiger partial charge in [0, 0.05) is 0 Å². The minimum absolute atomic E-state index is 0.498. The molecule has 0 spiro atoms. The molecule has 1 saturated heterocycles. The van der Waals surface area contributed by atoms with E-state index in [-0.39, 0.29) is 0 Å². The fraction of sp³-hybridized carbons (Fsp3) is 1.00. The van der Waals surface area contributed by atoms with E-state index in [0.29, 0.717) is 5.41 Å². The first-order valence-electron chi connectivity index (χ1n) is 6.62. The molecular formula is C14H29N. The fourth-order valence-electron chi connectivity index (χ4n) is 2.83. The summed E-state index contributed by atoms with van der Waals surface area (Å²) in [5.41, 5.74) is 0.498. The van der Waals surface area contributed by atoms with Crippen LogP contribution in [0, 0.1) is 17.3 Å². The summed E-state index contributed by atoms with van der Waals surface area (Å²) in [6, 6.07) is 0. The zero-order valence-electron chi connectivity index (χ0n) is 11.3. The van der Waals surface area contributed by atoms with Gasteiger partial charge in [-0.1, -0.05) is 34.1 Å². The van der Waals surface area contributed by atoms with Gasteiger partial charge in [0.2, 0.25) is 0 Å². The molecular weight excluding hydrogens is 182 g/mol. The van der Waals surface area contributed by atoms with Crippen molar-refractivity contribution in [3.05, 3.63) is 0 Å². The number of hydrogen-bond acceptors (Lipinski definition) is 1. The van der Waals surface area contributed by atoms with Crippen LogP contribution in [0.4, 0.5) is 0 Å². The molecule has 0 amide bonds.